The fraction of sp³-hybridized carbons (Fsp3) is 0.857. The van der Waals surface area contributed by atoms with E-state index in [9.17, 15) is 0 Å². The van der Waals surface area contributed by atoms with E-state index >= 15 is 0 Å². The van der Waals surface area contributed by atoms with E-state index in [1.54, 1.807) is 0 Å². The molecule has 14 heavy (non-hydrogen) atoms. The first-order valence-corrected chi connectivity index (χ1v) is 6.36. The molecule has 2 atom stereocenters. The van der Waals surface area contributed by atoms with Crippen molar-refractivity contribution in [2.45, 2.75) is 65.2 Å². The van der Waals surface area contributed by atoms with Crippen LogP contribution in [-0.2, 0) is 0 Å². The second-order valence-corrected chi connectivity index (χ2v) is 4.46. The summed E-state index contributed by atoms with van der Waals surface area (Å²) in [7, 11) is 0. The van der Waals surface area contributed by atoms with Gasteiger partial charge in [-0.25, -0.2) is 0 Å². The molecule has 0 aromatic heterocycles. The zero-order valence-corrected chi connectivity index (χ0v) is 9.81. The van der Waals surface area contributed by atoms with E-state index in [-0.39, 0.29) is 0 Å². The second-order valence-electron chi connectivity index (χ2n) is 4.46. The highest BCUT2D eigenvalue weighted by molar-refractivity contribution is 5.05. The molecular weight excluding hydrogens is 168 g/mol. The van der Waals surface area contributed by atoms with Crippen molar-refractivity contribution >= 4 is 0 Å². The third-order valence-corrected chi connectivity index (χ3v) is 3.45. The van der Waals surface area contributed by atoms with Gasteiger partial charge in [-0.1, -0.05) is 45.5 Å². The average Bonchev–Trinajstić information content (AvgIpc) is 2.24. The zero-order valence-electron chi connectivity index (χ0n) is 9.81. The fourth-order valence-electron chi connectivity index (χ4n) is 2.42. The first kappa shape index (κ1) is 11.6. The van der Waals surface area contributed by atoms with Gasteiger partial charge in [0.25, 0.3) is 0 Å². The molecule has 0 N–H and O–H groups in total. The topological polar surface area (TPSA) is 0 Å². The van der Waals surface area contributed by atoms with Gasteiger partial charge in [0.15, 0.2) is 0 Å². The van der Waals surface area contributed by atoms with Gasteiger partial charge in [0, 0.05) is 12.3 Å². The smallest absolute Gasteiger partial charge is 0.0228 e. The van der Waals surface area contributed by atoms with E-state index in [0.717, 1.165) is 12.3 Å². The van der Waals surface area contributed by atoms with E-state index in [1.807, 2.05) is 0 Å². The van der Waals surface area contributed by atoms with Crippen molar-refractivity contribution in [3.05, 3.63) is 0 Å². The van der Waals surface area contributed by atoms with Crippen molar-refractivity contribution < 1.29 is 0 Å². The lowest BCUT2D eigenvalue weighted by Crippen LogP contribution is -2.12. The van der Waals surface area contributed by atoms with Crippen LogP contribution in [0.25, 0.3) is 0 Å². The van der Waals surface area contributed by atoms with E-state index < -0.39 is 0 Å². The van der Waals surface area contributed by atoms with Crippen LogP contribution in [0.4, 0.5) is 0 Å². The molecule has 0 saturated carbocycles. The van der Waals surface area contributed by atoms with Crippen molar-refractivity contribution in [2.24, 2.45) is 11.8 Å². The van der Waals surface area contributed by atoms with Crippen molar-refractivity contribution in [2.75, 3.05) is 0 Å². The maximum atomic E-state index is 3.49. The molecule has 1 aliphatic carbocycles. The Hall–Kier alpha value is -0.440. The Balaban J connectivity index is 2.57. The summed E-state index contributed by atoms with van der Waals surface area (Å²) in [6.07, 6.45) is 10.7. The highest BCUT2D eigenvalue weighted by atomic mass is 14.2. The van der Waals surface area contributed by atoms with E-state index in [4.69, 9.17) is 0 Å². The molecule has 0 spiro atoms. The normalized spacial score (nSPS) is 29.0. The van der Waals surface area contributed by atoms with Crippen molar-refractivity contribution in [3.8, 4) is 11.8 Å². The predicted molar refractivity (Wildman–Crippen MR) is 63.0 cm³/mol. The van der Waals surface area contributed by atoms with Crippen LogP contribution in [0.2, 0.25) is 0 Å². The standard InChI is InChI=1S/C14H24/c1-3-13-11-9-7-5-6-8-10-12-14(13)4-2/h13-14H,3-9,11H2,1-2H3. The Labute approximate surface area is 89.5 Å². The molecule has 0 heterocycles. The molecule has 0 aromatic rings. The van der Waals surface area contributed by atoms with Gasteiger partial charge in [-0.15, -0.1) is 5.92 Å². The molecule has 0 aliphatic heterocycles. The van der Waals surface area contributed by atoms with Gasteiger partial charge in [-0.2, -0.15) is 0 Å². The molecule has 1 aliphatic rings. The lowest BCUT2D eigenvalue weighted by Gasteiger charge is -2.21. The Morgan fingerprint density at radius 1 is 1.00 bits per heavy atom. The van der Waals surface area contributed by atoms with E-state index in [2.05, 4.69) is 25.7 Å². The van der Waals surface area contributed by atoms with Crippen LogP contribution in [0.15, 0.2) is 0 Å². The van der Waals surface area contributed by atoms with E-state index in [1.165, 1.54) is 44.9 Å². The van der Waals surface area contributed by atoms with Crippen molar-refractivity contribution in [1.82, 2.24) is 0 Å². The maximum Gasteiger partial charge on any atom is 0.0228 e. The van der Waals surface area contributed by atoms with Gasteiger partial charge in [0.05, 0.1) is 0 Å². The molecule has 0 radical (unpaired) electrons. The van der Waals surface area contributed by atoms with Gasteiger partial charge in [-0.05, 0) is 25.2 Å². The minimum atomic E-state index is 0.679. The van der Waals surface area contributed by atoms with Crippen LogP contribution in [0.5, 0.6) is 0 Å². The van der Waals surface area contributed by atoms with Crippen LogP contribution in [-0.4, -0.2) is 0 Å². The van der Waals surface area contributed by atoms with Gasteiger partial charge in [0.2, 0.25) is 0 Å². The Bertz CT molecular complexity index is 194. The van der Waals surface area contributed by atoms with Gasteiger partial charge in [-0.3, -0.25) is 0 Å². The van der Waals surface area contributed by atoms with Crippen LogP contribution in [0.1, 0.15) is 65.2 Å². The molecule has 1 rings (SSSR count). The van der Waals surface area contributed by atoms with Gasteiger partial charge >= 0.3 is 0 Å². The molecule has 0 saturated heterocycles. The van der Waals surface area contributed by atoms with Crippen molar-refractivity contribution in [3.63, 3.8) is 0 Å². The summed E-state index contributed by atoms with van der Waals surface area (Å²) in [5, 5.41) is 0. The van der Waals surface area contributed by atoms with Gasteiger partial charge < -0.3 is 0 Å². The third-order valence-electron chi connectivity index (χ3n) is 3.45. The second kappa shape index (κ2) is 6.93. The minimum Gasteiger partial charge on any atom is -0.103 e. The summed E-state index contributed by atoms with van der Waals surface area (Å²) in [5.41, 5.74) is 0. The SMILES string of the molecule is CCC1C#CCCCCCCC1CC. The summed E-state index contributed by atoms with van der Waals surface area (Å²) in [5.74, 6) is 8.41. The lowest BCUT2D eigenvalue weighted by atomic mass is 9.83. The zero-order chi connectivity index (χ0) is 10.2. The molecule has 0 fully saturated rings. The summed E-state index contributed by atoms with van der Waals surface area (Å²) in [4.78, 5) is 0. The monoisotopic (exact) mass is 192 g/mol. The summed E-state index contributed by atoms with van der Waals surface area (Å²) in [6.45, 7) is 4.61. The molecule has 80 valence electrons. The summed E-state index contributed by atoms with van der Waals surface area (Å²) in [6, 6.07) is 0. The third kappa shape index (κ3) is 3.74. The summed E-state index contributed by atoms with van der Waals surface area (Å²) < 4.78 is 0. The molecular formula is C14H24. The highest BCUT2D eigenvalue weighted by Gasteiger charge is 2.15. The van der Waals surface area contributed by atoms with Crippen molar-refractivity contribution in [1.29, 1.82) is 0 Å². The number of rotatable bonds is 2. The number of hydrogen-bond donors (Lipinski definition) is 0. The predicted octanol–water partition coefficient (Wildman–Crippen LogP) is 4.40. The molecule has 0 aromatic carbocycles. The number of hydrogen-bond acceptors (Lipinski definition) is 0. The first-order chi connectivity index (χ1) is 6.88. The van der Waals surface area contributed by atoms with Crippen LogP contribution in [0.3, 0.4) is 0 Å². The van der Waals surface area contributed by atoms with Crippen LogP contribution >= 0.6 is 0 Å². The van der Waals surface area contributed by atoms with Crippen LogP contribution < -0.4 is 0 Å². The molecule has 0 heteroatoms. The lowest BCUT2D eigenvalue weighted by molar-refractivity contribution is 0.344. The Morgan fingerprint density at radius 2 is 1.79 bits per heavy atom. The quantitative estimate of drug-likeness (QED) is 0.569. The van der Waals surface area contributed by atoms with Gasteiger partial charge in [0.1, 0.15) is 0 Å². The highest BCUT2D eigenvalue weighted by Crippen LogP contribution is 2.25. The maximum absolute atomic E-state index is 3.49. The van der Waals surface area contributed by atoms with E-state index in [0.29, 0.717) is 5.92 Å². The molecule has 0 bridgehead atoms. The Morgan fingerprint density at radius 3 is 2.50 bits per heavy atom. The fourth-order valence-corrected chi connectivity index (χ4v) is 2.42. The van der Waals surface area contributed by atoms with Crippen LogP contribution in [0, 0.1) is 23.7 Å². The first-order valence-electron chi connectivity index (χ1n) is 6.36. The summed E-state index contributed by atoms with van der Waals surface area (Å²) >= 11 is 0. The molecule has 2 unspecified atom stereocenters. The molecule has 0 amide bonds. The average molecular weight is 192 g/mol. The minimum absolute atomic E-state index is 0.679. The largest absolute Gasteiger partial charge is 0.103 e. The Kier molecular flexibility index (Phi) is 5.76. The molecule has 0 nitrogen and oxygen atoms in total.